The van der Waals surface area contributed by atoms with Crippen LogP contribution < -0.4 is 9.47 Å². The van der Waals surface area contributed by atoms with Gasteiger partial charge in [-0.25, -0.2) is 4.79 Å². The Labute approximate surface area is 260 Å². The zero-order valence-electron chi connectivity index (χ0n) is 26.8. The first kappa shape index (κ1) is 36.3. The minimum Gasteiger partial charge on any atom is -0.504 e. The molecule has 0 saturated carbocycles. The molecular weight excluding hydrogens is 540 g/mol. The van der Waals surface area contributed by atoms with Gasteiger partial charge in [-0.1, -0.05) is 122 Å². The maximum Gasteiger partial charge on any atom is 0.335 e. The molecule has 0 spiro atoms. The summed E-state index contributed by atoms with van der Waals surface area (Å²) in [6, 6.07) is 9.87. The van der Waals surface area contributed by atoms with Gasteiger partial charge in [0.05, 0.1) is 18.8 Å². The van der Waals surface area contributed by atoms with Gasteiger partial charge in [0.1, 0.15) is 11.5 Å². The zero-order valence-corrected chi connectivity index (χ0v) is 26.8. The SMILES string of the molecule is CCCCCCCCCCCCCCCCCCOc1cc(OCCCCCCc2ccc(O)c(O)c2)cc(C(=O)O)c1. The Hall–Kier alpha value is -2.89. The van der Waals surface area contributed by atoms with Crippen LogP contribution >= 0.6 is 0 Å². The lowest BCUT2D eigenvalue weighted by atomic mass is 10.0. The smallest absolute Gasteiger partial charge is 0.335 e. The second-order valence-corrected chi connectivity index (χ2v) is 12.0. The van der Waals surface area contributed by atoms with Crippen molar-refractivity contribution in [1.29, 1.82) is 0 Å². The van der Waals surface area contributed by atoms with Crippen molar-refractivity contribution >= 4 is 5.97 Å². The highest BCUT2D eigenvalue weighted by molar-refractivity contribution is 5.88. The van der Waals surface area contributed by atoms with Crippen molar-refractivity contribution in [2.75, 3.05) is 13.2 Å². The van der Waals surface area contributed by atoms with Gasteiger partial charge in [0.15, 0.2) is 11.5 Å². The molecule has 2 aromatic carbocycles. The van der Waals surface area contributed by atoms with Gasteiger partial charge in [0.2, 0.25) is 0 Å². The molecule has 0 atom stereocenters. The van der Waals surface area contributed by atoms with Crippen LogP contribution in [0.3, 0.4) is 0 Å². The minimum absolute atomic E-state index is 0.0807. The summed E-state index contributed by atoms with van der Waals surface area (Å²) in [7, 11) is 0. The lowest BCUT2D eigenvalue weighted by molar-refractivity contribution is 0.0695. The first-order valence-electron chi connectivity index (χ1n) is 17.1. The number of carbonyl (C=O) groups is 1. The molecular formula is C37H58O6. The molecule has 0 aliphatic rings. The molecule has 0 fully saturated rings. The summed E-state index contributed by atoms with van der Waals surface area (Å²) in [5.41, 5.74) is 1.18. The fraction of sp³-hybridized carbons (Fsp3) is 0.649. The molecule has 0 saturated heterocycles. The maximum atomic E-state index is 11.6. The largest absolute Gasteiger partial charge is 0.504 e. The van der Waals surface area contributed by atoms with Crippen LogP contribution in [-0.2, 0) is 6.42 Å². The van der Waals surface area contributed by atoms with Crippen LogP contribution in [0.15, 0.2) is 36.4 Å². The quantitative estimate of drug-likeness (QED) is 0.0699. The van der Waals surface area contributed by atoms with Crippen LogP contribution in [0.25, 0.3) is 0 Å². The molecule has 0 aliphatic carbocycles. The zero-order chi connectivity index (χ0) is 31.0. The van der Waals surface area contributed by atoms with Crippen molar-refractivity contribution in [3.8, 4) is 23.0 Å². The molecule has 0 aliphatic heterocycles. The lowest BCUT2D eigenvalue weighted by Gasteiger charge is -2.11. The highest BCUT2D eigenvalue weighted by Gasteiger charge is 2.09. The van der Waals surface area contributed by atoms with Gasteiger partial charge in [0.25, 0.3) is 0 Å². The number of aryl methyl sites for hydroxylation is 1. The van der Waals surface area contributed by atoms with Crippen LogP contribution in [0.1, 0.15) is 151 Å². The molecule has 6 heteroatoms. The summed E-state index contributed by atoms with van der Waals surface area (Å²) in [5.74, 6) is -0.0862. The van der Waals surface area contributed by atoms with E-state index in [0.29, 0.717) is 24.7 Å². The summed E-state index contributed by atoms with van der Waals surface area (Å²) in [6.07, 6.45) is 26.0. The van der Waals surface area contributed by atoms with Gasteiger partial charge in [-0.05, 0) is 55.5 Å². The Morgan fingerprint density at radius 3 is 1.44 bits per heavy atom. The van der Waals surface area contributed by atoms with E-state index < -0.39 is 5.97 Å². The number of benzene rings is 2. The summed E-state index contributed by atoms with van der Waals surface area (Å²) in [6.45, 7) is 3.37. The number of unbranched alkanes of at least 4 members (excludes halogenated alkanes) is 18. The summed E-state index contributed by atoms with van der Waals surface area (Å²) in [4.78, 5) is 11.6. The fourth-order valence-corrected chi connectivity index (χ4v) is 5.40. The third-order valence-electron chi connectivity index (χ3n) is 8.06. The van der Waals surface area contributed by atoms with Gasteiger partial charge in [-0.3, -0.25) is 0 Å². The van der Waals surface area contributed by atoms with E-state index in [9.17, 15) is 20.1 Å². The third kappa shape index (κ3) is 17.7. The van der Waals surface area contributed by atoms with E-state index in [4.69, 9.17) is 9.47 Å². The molecule has 0 heterocycles. The number of ether oxygens (including phenoxy) is 2. The standard InChI is InChI=1S/C37H58O6/c1-2-3-4-5-6-7-8-9-10-11-12-13-14-15-17-20-25-42-33-28-32(37(40)41)29-34(30-33)43-26-21-18-16-19-22-31-23-24-35(38)36(39)27-31/h23-24,27-30,38-39H,2-22,25-26H2,1H3,(H,40,41). The Balaban J connectivity index is 1.50. The van der Waals surface area contributed by atoms with Crippen LogP contribution in [0.4, 0.5) is 0 Å². The average molecular weight is 599 g/mol. The summed E-state index contributed by atoms with van der Waals surface area (Å²) in [5, 5.41) is 28.5. The number of aromatic hydroxyl groups is 2. The van der Waals surface area contributed by atoms with E-state index in [0.717, 1.165) is 50.5 Å². The Morgan fingerprint density at radius 2 is 1.00 bits per heavy atom. The molecule has 6 nitrogen and oxygen atoms in total. The van der Waals surface area contributed by atoms with Crippen molar-refractivity contribution in [2.24, 2.45) is 0 Å². The van der Waals surface area contributed by atoms with Crippen molar-refractivity contribution in [2.45, 2.75) is 142 Å². The molecule has 43 heavy (non-hydrogen) atoms. The van der Waals surface area contributed by atoms with E-state index in [1.54, 1.807) is 24.3 Å². The maximum absolute atomic E-state index is 11.6. The first-order valence-corrected chi connectivity index (χ1v) is 17.1. The number of carboxylic acid groups (broad SMARTS) is 1. The van der Waals surface area contributed by atoms with E-state index >= 15 is 0 Å². The number of phenols is 2. The van der Waals surface area contributed by atoms with Gasteiger partial charge < -0.3 is 24.8 Å². The minimum atomic E-state index is -0.988. The number of carboxylic acids is 1. The van der Waals surface area contributed by atoms with Crippen molar-refractivity contribution < 1.29 is 29.6 Å². The monoisotopic (exact) mass is 598 g/mol. The molecule has 0 bridgehead atoms. The molecule has 2 aromatic rings. The Kier molecular flexibility index (Phi) is 19.9. The van der Waals surface area contributed by atoms with E-state index in [1.807, 2.05) is 6.07 Å². The second-order valence-electron chi connectivity index (χ2n) is 12.0. The van der Waals surface area contributed by atoms with Crippen molar-refractivity contribution in [3.05, 3.63) is 47.5 Å². The van der Waals surface area contributed by atoms with Gasteiger partial charge in [-0.15, -0.1) is 0 Å². The molecule has 242 valence electrons. The number of hydrogen-bond acceptors (Lipinski definition) is 5. The highest BCUT2D eigenvalue weighted by atomic mass is 16.5. The van der Waals surface area contributed by atoms with E-state index in [-0.39, 0.29) is 17.1 Å². The normalized spacial score (nSPS) is 11.1. The van der Waals surface area contributed by atoms with Crippen molar-refractivity contribution in [1.82, 2.24) is 0 Å². The number of rotatable bonds is 27. The predicted octanol–water partition coefficient (Wildman–Crippen LogP) is 10.6. The van der Waals surface area contributed by atoms with Crippen LogP contribution in [0.2, 0.25) is 0 Å². The Morgan fingerprint density at radius 1 is 0.558 bits per heavy atom. The average Bonchev–Trinajstić information content (AvgIpc) is 3.00. The topological polar surface area (TPSA) is 96.2 Å². The number of aromatic carboxylic acids is 1. The van der Waals surface area contributed by atoms with E-state index in [2.05, 4.69) is 6.92 Å². The summed E-state index contributed by atoms with van der Waals surface area (Å²) < 4.78 is 11.8. The van der Waals surface area contributed by atoms with Crippen LogP contribution in [0, 0.1) is 0 Å². The molecule has 0 amide bonds. The molecule has 0 radical (unpaired) electrons. The van der Waals surface area contributed by atoms with Gasteiger partial charge in [-0.2, -0.15) is 0 Å². The molecule has 0 unspecified atom stereocenters. The highest BCUT2D eigenvalue weighted by Crippen LogP contribution is 2.26. The van der Waals surface area contributed by atoms with Crippen LogP contribution in [0.5, 0.6) is 23.0 Å². The first-order chi connectivity index (χ1) is 21.0. The van der Waals surface area contributed by atoms with Gasteiger partial charge in [0, 0.05) is 6.07 Å². The van der Waals surface area contributed by atoms with E-state index in [1.165, 1.54) is 96.0 Å². The predicted molar refractivity (Wildman–Crippen MR) is 176 cm³/mol. The Bertz CT molecular complexity index is 1000. The second kappa shape index (κ2) is 23.6. The van der Waals surface area contributed by atoms with Crippen molar-refractivity contribution in [3.63, 3.8) is 0 Å². The molecule has 2 rings (SSSR count). The molecule has 0 aromatic heterocycles. The van der Waals surface area contributed by atoms with Gasteiger partial charge >= 0.3 is 5.97 Å². The molecule has 3 N–H and O–H groups in total. The summed E-state index contributed by atoms with van der Waals surface area (Å²) >= 11 is 0. The number of phenolic OH excluding ortho intramolecular Hbond substituents is 2. The number of hydrogen-bond donors (Lipinski definition) is 3. The lowest BCUT2D eigenvalue weighted by Crippen LogP contribution is -2.03. The third-order valence-corrected chi connectivity index (χ3v) is 8.06. The van der Waals surface area contributed by atoms with Crippen LogP contribution in [-0.4, -0.2) is 34.5 Å². The fourth-order valence-electron chi connectivity index (χ4n) is 5.40.